The van der Waals surface area contributed by atoms with E-state index in [1.54, 1.807) is 7.11 Å². The summed E-state index contributed by atoms with van der Waals surface area (Å²) in [6, 6.07) is 14.8. The van der Waals surface area contributed by atoms with Crippen molar-refractivity contribution < 1.29 is 14.3 Å². The zero-order valence-electron chi connectivity index (χ0n) is 20.0. The average Bonchev–Trinajstić information content (AvgIpc) is 3.58. The number of hydrogen-bond donors (Lipinski definition) is 0. The lowest BCUT2D eigenvalue weighted by atomic mass is 9.54. The number of methoxy groups -OCH3 is 1. The molecule has 0 saturated heterocycles. The highest BCUT2D eigenvalue weighted by atomic mass is 35.5. The molecule has 0 bridgehead atoms. The number of carbonyl (C=O) groups excluding carboxylic acids is 1. The maximum absolute atomic E-state index is 13.2. The van der Waals surface area contributed by atoms with E-state index in [1.807, 2.05) is 30.9 Å². The monoisotopic (exact) mass is 467 g/mol. The van der Waals surface area contributed by atoms with Crippen molar-refractivity contribution in [1.82, 2.24) is 0 Å². The molecule has 33 heavy (non-hydrogen) atoms. The van der Waals surface area contributed by atoms with Crippen LogP contribution in [0.1, 0.15) is 57.1 Å². The van der Waals surface area contributed by atoms with Crippen LogP contribution >= 0.6 is 11.6 Å². The summed E-state index contributed by atoms with van der Waals surface area (Å²) in [4.78, 5) is 15.1. The number of aryl methyl sites for hydroxylation is 1. The number of nitrogens with zero attached hydrogens (tertiary/aromatic N) is 1. The number of hydrogen-bond acceptors (Lipinski definition) is 3. The van der Waals surface area contributed by atoms with Crippen molar-refractivity contribution in [3.05, 3.63) is 58.6 Å². The molecule has 1 spiro atoms. The van der Waals surface area contributed by atoms with Crippen LogP contribution in [0, 0.1) is 10.8 Å². The number of amides is 1. The van der Waals surface area contributed by atoms with Crippen LogP contribution in [0.15, 0.2) is 42.5 Å². The minimum atomic E-state index is -0.576. The highest BCUT2D eigenvalue weighted by Crippen LogP contribution is 2.70. The van der Waals surface area contributed by atoms with Gasteiger partial charge in [0.15, 0.2) is 0 Å². The first-order valence-corrected chi connectivity index (χ1v) is 12.5. The van der Waals surface area contributed by atoms with Gasteiger partial charge in [-0.1, -0.05) is 29.8 Å². The Labute approximate surface area is 202 Å². The summed E-state index contributed by atoms with van der Waals surface area (Å²) in [6.45, 7) is 5.32. The van der Waals surface area contributed by atoms with E-state index in [1.165, 1.54) is 36.8 Å². The Morgan fingerprint density at radius 1 is 1.09 bits per heavy atom. The third kappa shape index (κ3) is 4.28. The van der Waals surface area contributed by atoms with Crippen molar-refractivity contribution in [2.45, 2.75) is 57.8 Å². The van der Waals surface area contributed by atoms with E-state index in [4.69, 9.17) is 21.1 Å². The smallest absolute Gasteiger partial charge is 0.236 e. The molecule has 3 aliphatic rings. The molecule has 1 heterocycles. The van der Waals surface area contributed by atoms with Crippen LogP contribution in [0.4, 0.5) is 5.69 Å². The maximum atomic E-state index is 13.2. The summed E-state index contributed by atoms with van der Waals surface area (Å²) in [6.07, 6.45) is 7.40. The van der Waals surface area contributed by atoms with E-state index in [2.05, 4.69) is 30.3 Å². The molecule has 0 atom stereocenters. The first-order chi connectivity index (χ1) is 15.8. The molecular weight excluding hydrogens is 434 g/mol. The molecule has 0 unspecified atom stereocenters. The number of carbonyl (C=O) groups is 1. The minimum absolute atomic E-state index is 0.0871. The molecule has 0 radical (unpaired) electrons. The Hall–Kier alpha value is -2.04. The first-order valence-electron chi connectivity index (χ1n) is 12.1. The standard InChI is InChI=1S/C28H34ClNO3/c1-26(2)19-33-24-16-21(6-9-23(24)30(25(26)31)14-15-32-3)28(17-27(18-28)12-13-27)11-10-20-4-7-22(29)8-5-20/h4-9,16H,10-15,17-19H2,1-3H3. The molecule has 0 aromatic heterocycles. The lowest BCUT2D eigenvalue weighted by Gasteiger charge is -2.50. The third-order valence-electron chi connectivity index (χ3n) is 7.98. The van der Waals surface area contributed by atoms with Gasteiger partial charge in [0.25, 0.3) is 0 Å². The third-order valence-corrected chi connectivity index (χ3v) is 8.24. The van der Waals surface area contributed by atoms with Gasteiger partial charge in [-0.2, -0.15) is 0 Å². The Morgan fingerprint density at radius 3 is 2.48 bits per heavy atom. The Balaban J connectivity index is 1.44. The second-order valence-corrected chi connectivity index (χ2v) is 11.5. The van der Waals surface area contributed by atoms with Gasteiger partial charge in [0.2, 0.25) is 5.91 Å². The highest BCUT2D eigenvalue weighted by Gasteiger charge is 2.60. The van der Waals surface area contributed by atoms with Crippen LogP contribution in [0.2, 0.25) is 5.02 Å². The second-order valence-electron chi connectivity index (χ2n) is 11.1. The average molecular weight is 468 g/mol. The van der Waals surface area contributed by atoms with Gasteiger partial charge < -0.3 is 14.4 Å². The van der Waals surface area contributed by atoms with Gasteiger partial charge >= 0.3 is 0 Å². The fourth-order valence-electron chi connectivity index (χ4n) is 5.86. The van der Waals surface area contributed by atoms with Gasteiger partial charge in [0.1, 0.15) is 12.4 Å². The Bertz CT molecular complexity index is 1030. The van der Waals surface area contributed by atoms with Crippen molar-refractivity contribution in [2.75, 3.05) is 31.8 Å². The van der Waals surface area contributed by atoms with Gasteiger partial charge in [0, 0.05) is 18.7 Å². The number of rotatable bonds is 7. The molecule has 2 fully saturated rings. The van der Waals surface area contributed by atoms with E-state index in [0.29, 0.717) is 25.2 Å². The van der Waals surface area contributed by atoms with Crippen LogP contribution < -0.4 is 9.64 Å². The number of halogens is 1. The molecule has 1 amide bonds. The molecule has 2 saturated carbocycles. The van der Waals surface area contributed by atoms with Crippen molar-refractivity contribution >= 4 is 23.2 Å². The predicted octanol–water partition coefficient (Wildman–Crippen LogP) is 6.18. The topological polar surface area (TPSA) is 38.8 Å². The summed E-state index contributed by atoms with van der Waals surface area (Å²) in [5.74, 6) is 0.911. The molecule has 2 aromatic rings. The van der Waals surface area contributed by atoms with Crippen molar-refractivity contribution in [1.29, 1.82) is 0 Å². The molecule has 4 nitrogen and oxygen atoms in total. The van der Waals surface area contributed by atoms with Crippen LogP contribution in [0.3, 0.4) is 0 Å². The SMILES string of the molecule is COCCN1C(=O)C(C)(C)COc2cc(C3(CCc4ccc(Cl)cc4)CC4(CC4)C3)ccc21. The van der Waals surface area contributed by atoms with Crippen molar-refractivity contribution in [3.63, 3.8) is 0 Å². The lowest BCUT2D eigenvalue weighted by molar-refractivity contribution is -0.127. The number of anilines is 1. The van der Waals surface area contributed by atoms with Crippen molar-refractivity contribution in [2.24, 2.45) is 10.8 Å². The zero-order chi connectivity index (χ0) is 23.3. The van der Waals surface area contributed by atoms with Crippen LogP contribution in [-0.4, -0.2) is 32.8 Å². The van der Waals surface area contributed by atoms with Gasteiger partial charge in [-0.3, -0.25) is 4.79 Å². The lowest BCUT2D eigenvalue weighted by Crippen LogP contribution is -2.44. The van der Waals surface area contributed by atoms with E-state index in [0.717, 1.165) is 29.3 Å². The molecule has 176 valence electrons. The van der Waals surface area contributed by atoms with Crippen molar-refractivity contribution in [3.8, 4) is 5.75 Å². The predicted molar refractivity (Wildman–Crippen MR) is 132 cm³/mol. The quantitative estimate of drug-likeness (QED) is 0.487. The van der Waals surface area contributed by atoms with Crippen LogP contribution in [-0.2, 0) is 21.4 Å². The first kappa shape index (κ1) is 22.7. The summed E-state index contributed by atoms with van der Waals surface area (Å²) in [5, 5.41) is 0.785. The second kappa shape index (κ2) is 8.32. The van der Waals surface area contributed by atoms with Gasteiger partial charge in [-0.05, 0) is 98.6 Å². The number of benzene rings is 2. The molecule has 5 heteroatoms. The summed E-state index contributed by atoms with van der Waals surface area (Å²) in [5.41, 5.74) is 3.73. The largest absolute Gasteiger partial charge is 0.490 e. The normalized spacial score (nSPS) is 21.7. The molecular formula is C28H34ClNO3. The Morgan fingerprint density at radius 2 is 1.82 bits per heavy atom. The summed E-state index contributed by atoms with van der Waals surface area (Å²) >= 11 is 6.09. The zero-order valence-corrected chi connectivity index (χ0v) is 20.7. The van der Waals surface area contributed by atoms with E-state index in [9.17, 15) is 4.79 Å². The number of ether oxygens (including phenoxy) is 2. The minimum Gasteiger partial charge on any atom is -0.490 e. The van der Waals surface area contributed by atoms with E-state index >= 15 is 0 Å². The van der Waals surface area contributed by atoms with Crippen LogP contribution in [0.5, 0.6) is 5.75 Å². The fourth-order valence-corrected chi connectivity index (χ4v) is 5.98. The van der Waals surface area contributed by atoms with Gasteiger partial charge in [0.05, 0.1) is 17.7 Å². The summed E-state index contributed by atoms with van der Waals surface area (Å²) < 4.78 is 11.6. The van der Waals surface area contributed by atoms with Gasteiger partial charge in [-0.25, -0.2) is 0 Å². The van der Waals surface area contributed by atoms with Gasteiger partial charge in [-0.15, -0.1) is 0 Å². The molecule has 0 N–H and O–H groups in total. The Kier molecular flexibility index (Phi) is 5.73. The molecule has 5 rings (SSSR count). The van der Waals surface area contributed by atoms with E-state index in [-0.39, 0.29) is 11.3 Å². The molecule has 1 aliphatic heterocycles. The van der Waals surface area contributed by atoms with E-state index < -0.39 is 5.41 Å². The summed E-state index contributed by atoms with van der Waals surface area (Å²) in [7, 11) is 1.67. The molecule has 2 aliphatic carbocycles. The maximum Gasteiger partial charge on any atom is 0.236 e. The number of fused-ring (bicyclic) bond motifs is 1. The van der Waals surface area contributed by atoms with Crippen LogP contribution in [0.25, 0.3) is 0 Å². The fraction of sp³-hybridized carbons (Fsp3) is 0.536. The highest BCUT2D eigenvalue weighted by molar-refractivity contribution is 6.30. The molecule has 2 aromatic carbocycles.